The van der Waals surface area contributed by atoms with E-state index in [9.17, 15) is 9.59 Å². The number of amides is 2. The molecule has 0 radical (unpaired) electrons. The lowest BCUT2D eigenvalue weighted by Crippen LogP contribution is -2.43. The number of rotatable bonds is 4. The highest BCUT2D eigenvalue weighted by molar-refractivity contribution is 7.15. The van der Waals surface area contributed by atoms with Crippen molar-refractivity contribution in [2.45, 2.75) is 38.6 Å². The summed E-state index contributed by atoms with van der Waals surface area (Å²) >= 11 is 13.3. The third kappa shape index (κ3) is 4.16. The molecule has 0 saturated carbocycles. The first kappa shape index (κ1) is 19.1. The molecule has 1 atom stereocenters. The van der Waals surface area contributed by atoms with Crippen LogP contribution in [0.25, 0.3) is 0 Å². The van der Waals surface area contributed by atoms with Crippen LogP contribution in [0.5, 0.6) is 0 Å². The molecule has 1 aromatic heterocycles. The molecule has 1 N–H and O–H groups in total. The topological polar surface area (TPSA) is 75.2 Å². The molecule has 2 aromatic rings. The van der Waals surface area contributed by atoms with Gasteiger partial charge in [-0.05, 0) is 31.0 Å². The third-order valence-electron chi connectivity index (χ3n) is 4.09. The van der Waals surface area contributed by atoms with Gasteiger partial charge in [-0.3, -0.25) is 14.9 Å². The summed E-state index contributed by atoms with van der Waals surface area (Å²) in [6, 6.07) is 4.13. The average molecular weight is 413 g/mol. The van der Waals surface area contributed by atoms with Gasteiger partial charge in [0.2, 0.25) is 11.0 Å². The van der Waals surface area contributed by atoms with Gasteiger partial charge in [0.15, 0.2) is 0 Å². The number of hydrogen-bond acceptors (Lipinski definition) is 5. The van der Waals surface area contributed by atoms with E-state index in [1.807, 2.05) is 13.8 Å². The molecule has 1 fully saturated rings. The Kier molecular flexibility index (Phi) is 5.79. The number of benzene rings is 1. The molecule has 0 bridgehead atoms. The predicted octanol–water partition coefficient (Wildman–Crippen LogP) is 4.21. The lowest BCUT2D eigenvalue weighted by molar-refractivity contribution is -0.119. The second-order valence-corrected chi connectivity index (χ2v) is 8.29. The monoisotopic (exact) mass is 412 g/mol. The first-order chi connectivity index (χ1) is 12.3. The number of aromatic nitrogens is 2. The van der Waals surface area contributed by atoms with Crippen molar-refractivity contribution in [3.8, 4) is 0 Å². The maximum absolute atomic E-state index is 12.8. The van der Waals surface area contributed by atoms with Crippen molar-refractivity contribution < 1.29 is 9.59 Å². The van der Waals surface area contributed by atoms with Gasteiger partial charge >= 0.3 is 0 Å². The largest absolute Gasteiger partial charge is 0.327 e. The van der Waals surface area contributed by atoms with E-state index in [-0.39, 0.29) is 17.7 Å². The average Bonchev–Trinajstić information content (AvgIpc) is 3.22. The van der Waals surface area contributed by atoms with E-state index in [2.05, 4.69) is 15.5 Å². The maximum Gasteiger partial charge on any atom is 0.254 e. The van der Waals surface area contributed by atoms with Crippen LogP contribution in [-0.4, -0.2) is 39.5 Å². The SMILES string of the molecule is CC(C)c1nnc(NC(=O)C2CCCN2C(=O)c2cc(Cl)cc(Cl)c2)s1. The van der Waals surface area contributed by atoms with Crippen molar-refractivity contribution in [2.75, 3.05) is 11.9 Å². The van der Waals surface area contributed by atoms with Crippen LogP contribution in [0.15, 0.2) is 18.2 Å². The summed E-state index contributed by atoms with van der Waals surface area (Å²) in [5, 5.41) is 12.9. The Morgan fingerprint density at radius 3 is 2.54 bits per heavy atom. The molecular formula is C17H18Cl2N4O2S. The predicted molar refractivity (Wildman–Crippen MR) is 103 cm³/mol. The molecule has 2 amide bonds. The van der Waals surface area contributed by atoms with Gasteiger partial charge in [-0.25, -0.2) is 0 Å². The molecule has 1 unspecified atom stereocenters. The van der Waals surface area contributed by atoms with Crippen LogP contribution >= 0.6 is 34.5 Å². The fourth-order valence-electron chi connectivity index (χ4n) is 2.83. The molecule has 1 saturated heterocycles. The minimum Gasteiger partial charge on any atom is -0.327 e. The highest BCUT2D eigenvalue weighted by Gasteiger charge is 2.35. The number of likely N-dealkylation sites (tertiary alicyclic amines) is 1. The van der Waals surface area contributed by atoms with Crippen LogP contribution < -0.4 is 5.32 Å². The zero-order valence-corrected chi connectivity index (χ0v) is 16.7. The Morgan fingerprint density at radius 1 is 1.23 bits per heavy atom. The van der Waals surface area contributed by atoms with Crippen LogP contribution in [0.2, 0.25) is 10.0 Å². The van der Waals surface area contributed by atoms with Gasteiger partial charge in [0.1, 0.15) is 11.0 Å². The van der Waals surface area contributed by atoms with Gasteiger partial charge < -0.3 is 4.90 Å². The summed E-state index contributed by atoms with van der Waals surface area (Å²) in [6.45, 7) is 4.54. The molecule has 1 aliphatic heterocycles. The highest BCUT2D eigenvalue weighted by atomic mass is 35.5. The number of nitrogens with zero attached hydrogens (tertiary/aromatic N) is 3. The van der Waals surface area contributed by atoms with E-state index in [0.717, 1.165) is 11.4 Å². The lowest BCUT2D eigenvalue weighted by atomic mass is 10.1. The van der Waals surface area contributed by atoms with E-state index in [1.165, 1.54) is 11.3 Å². The second kappa shape index (κ2) is 7.90. The van der Waals surface area contributed by atoms with E-state index >= 15 is 0 Å². The standard InChI is InChI=1S/C17H18Cl2N4O2S/c1-9(2)15-21-22-17(26-15)20-14(24)13-4-3-5-23(13)16(25)10-6-11(18)8-12(19)7-10/h6-9,13H,3-5H2,1-2H3,(H,20,22,24). The Balaban J connectivity index is 1.74. The molecule has 138 valence electrons. The maximum atomic E-state index is 12.8. The minimum absolute atomic E-state index is 0.246. The van der Waals surface area contributed by atoms with Crippen LogP contribution in [0, 0.1) is 0 Å². The molecule has 6 nitrogen and oxygen atoms in total. The first-order valence-corrected chi connectivity index (χ1v) is 9.83. The smallest absolute Gasteiger partial charge is 0.254 e. The quantitative estimate of drug-likeness (QED) is 0.815. The molecule has 1 aliphatic rings. The molecule has 26 heavy (non-hydrogen) atoms. The van der Waals surface area contributed by atoms with Crippen molar-refractivity contribution in [3.05, 3.63) is 38.8 Å². The summed E-state index contributed by atoms with van der Waals surface area (Å²) in [7, 11) is 0. The third-order valence-corrected chi connectivity index (χ3v) is 5.67. The highest BCUT2D eigenvalue weighted by Crippen LogP contribution is 2.27. The van der Waals surface area contributed by atoms with Crippen LogP contribution in [-0.2, 0) is 4.79 Å². The summed E-state index contributed by atoms with van der Waals surface area (Å²) in [5.74, 6) is -0.266. The Morgan fingerprint density at radius 2 is 1.92 bits per heavy atom. The van der Waals surface area contributed by atoms with Gasteiger partial charge in [0, 0.05) is 28.1 Å². The van der Waals surface area contributed by atoms with Crippen molar-refractivity contribution in [1.29, 1.82) is 0 Å². The summed E-state index contributed by atoms with van der Waals surface area (Å²) in [6.07, 6.45) is 1.35. The molecule has 2 heterocycles. The van der Waals surface area contributed by atoms with Crippen molar-refractivity contribution in [1.82, 2.24) is 15.1 Å². The summed E-state index contributed by atoms with van der Waals surface area (Å²) < 4.78 is 0. The van der Waals surface area contributed by atoms with Gasteiger partial charge in [-0.2, -0.15) is 0 Å². The van der Waals surface area contributed by atoms with Crippen molar-refractivity contribution >= 4 is 51.5 Å². The number of carbonyl (C=O) groups excluding carboxylic acids is 2. The fourth-order valence-corrected chi connectivity index (χ4v) is 4.11. The van der Waals surface area contributed by atoms with Gasteiger partial charge in [-0.1, -0.05) is 48.4 Å². The summed E-state index contributed by atoms with van der Waals surface area (Å²) in [5.41, 5.74) is 0.375. The first-order valence-electron chi connectivity index (χ1n) is 8.26. The van der Waals surface area contributed by atoms with E-state index in [1.54, 1.807) is 23.1 Å². The summed E-state index contributed by atoms with van der Waals surface area (Å²) in [4.78, 5) is 27.0. The van der Waals surface area contributed by atoms with Crippen LogP contribution in [0.1, 0.15) is 48.0 Å². The van der Waals surface area contributed by atoms with E-state index < -0.39 is 6.04 Å². The van der Waals surface area contributed by atoms with E-state index in [4.69, 9.17) is 23.2 Å². The molecule has 9 heteroatoms. The van der Waals surface area contributed by atoms with Gasteiger partial charge in [-0.15, -0.1) is 10.2 Å². The molecular weight excluding hydrogens is 395 g/mol. The van der Waals surface area contributed by atoms with Crippen molar-refractivity contribution in [3.63, 3.8) is 0 Å². The van der Waals surface area contributed by atoms with Crippen LogP contribution in [0.3, 0.4) is 0 Å². The van der Waals surface area contributed by atoms with E-state index in [0.29, 0.717) is 33.7 Å². The fraction of sp³-hybridized carbons (Fsp3) is 0.412. The van der Waals surface area contributed by atoms with Gasteiger partial charge in [0.25, 0.3) is 5.91 Å². The molecule has 0 aliphatic carbocycles. The molecule has 3 rings (SSSR count). The number of carbonyl (C=O) groups is 2. The Hall–Kier alpha value is -1.70. The number of halogens is 2. The molecule has 0 spiro atoms. The number of nitrogens with one attached hydrogen (secondary N) is 1. The zero-order valence-electron chi connectivity index (χ0n) is 14.3. The zero-order chi connectivity index (χ0) is 18.8. The molecule has 1 aromatic carbocycles. The number of hydrogen-bond donors (Lipinski definition) is 1. The Labute approximate surface area is 165 Å². The van der Waals surface area contributed by atoms with Crippen LogP contribution in [0.4, 0.5) is 5.13 Å². The Bertz CT molecular complexity index is 820. The minimum atomic E-state index is -0.549. The number of anilines is 1. The van der Waals surface area contributed by atoms with Crippen molar-refractivity contribution in [2.24, 2.45) is 0 Å². The lowest BCUT2D eigenvalue weighted by Gasteiger charge is -2.23. The second-order valence-electron chi connectivity index (χ2n) is 6.40. The normalized spacial score (nSPS) is 17.0. The van der Waals surface area contributed by atoms with Gasteiger partial charge in [0.05, 0.1) is 0 Å².